The number of ether oxygens (including phenoxy) is 1. The maximum Gasteiger partial charge on any atom is 0.180 e. The van der Waals surface area contributed by atoms with Crippen LogP contribution < -0.4 is 4.74 Å². The van der Waals surface area contributed by atoms with Gasteiger partial charge in [-0.2, -0.15) is 5.10 Å². The van der Waals surface area contributed by atoms with Crippen molar-refractivity contribution in [3.63, 3.8) is 0 Å². The van der Waals surface area contributed by atoms with E-state index in [4.69, 9.17) is 4.74 Å². The molecule has 2 aromatic rings. The van der Waals surface area contributed by atoms with Gasteiger partial charge in [0.15, 0.2) is 5.82 Å². The highest BCUT2D eigenvalue weighted by Gasteiger charge is 2.01. The first-order chi connectivity index (χ1) is 7.40. The predicted molar refractivity (Wildman–Crippen MR) is 61.1 cm³/mol. The molecule has 78 valence electrons. The van der Waals surface area contributed by atoms with Crippen LogP contribution >= 0.6 is 15.9 Å². The highest BCUT2D eigenvalue weighted by atomic mass is 79.9. The normalized spacial score (nSPS) is 10.2. The number of nitrogens with zero attached hydrogens (tertiary/aromatic N) is 2. The number of halogens is 1. The third-order valence-electron chi connectivity index (χ3n) is 1.87. The number of rotatable bonds is 4. The Morgan fingerprint density at radius 1 is 1.27 bits per heavy atom. The van der Waals surface area contributed by atoms with Crippen molar-refractivity contribution in [3.8, 4) is 17.1 Å². The zero-order valence-electron chi connectivity index (χ0n) is 7.98. The number of nitrogens with one attached hydrogen (secondary N) is 1. The molecule has 0 saturated heterocycles. The predicted octanol–water partition coefficient (Wildman–Crippen LogP) is 2.25. The summed E-state index contributed by atoms with van der Waals surface area (Å²) in [4.78, 5) is 4.06. The summed E-state index contributed by atoms with van der Waals surface area (Å²) < 4.78 is 5.43. The van der Waals surface area contributed by atoms with Gasteiger partial charge in [0.25, 0.3) is 0 Å². The maximum atomic E-state index is 5.43. The standard InChI is InChI=1S/C10H10BrN3O/c11-5-6-15-9-3-1-8(2-4-9)10-12-7-13-14-10/h1-4,7H,5-6H2,(H,12,13,14). The molecule has 0 unspecified atom stereocenters. The molecule has 1 aromatic heterocycles. The van der Waals surface area contributed by atoms with Gasteiger partial charge >= 0.3 is 0 Å². The molecule has 0 aliphatic heterocycles. The van der Waals surface area contributed by atoms with Gasteiger partial charge < -0.3 is 4.74 Å². The maximum absolute atomic E-state index is 5.43. The molecule has 0 spiro atoms. The summed E-state index contributed by atoms with van der Waals surface area (Å²) in [5.74, 6) is 1.55. The third-order valence-corrected chi connectivity index (χ3v) is 2.20. The quantitative estimate of drug-likeness (QED) is 0.865. The van der Waals surface area contributed by atoms with Crippen molar-refractivity contribution < 1.29 is 4.74 Å². The molecule has 5 heteroatoms. The molecule has 1 heterocycles. The fraction of sp³-hybridized carbons (Fsp3) is 0.200. The van der Waals surface area contributed by atoms with E-state index in [9.17, 15) is 0 Å². The van der Waals surface area contributed by atoms with Crippen LogP contribution in [0.2, 0.25) is 0 Å². The smallest absolute Gasteiger partial charge is 0.180 e. The summed E-state index contributed by atoms with van der Waals surface area (Å²) >= 11 is 3.30. The summed E-state index contributed by atoms with van der Waals surface area (Å²) in [6.45, 7) is 0.667. The number of benzene rings is 1. The Labute approximate surface area is 95.8 Å². The molecule has 2 rings (SSSR count). The number of hydrogen-bond donors (Lipinski definition) is 1. The molecule has 0 radical (unpaired) electrons. The van der Waals surface area contributed by atoms with Crippen LogP contribution in [-0.2, 0) is 0 Å². The summed E-state index contributed by atoms with van der Waals surface area (Å²) in [7, 11) is 0. The first-order valence-corrected chi connectivity index (χ1v) is 5.67. The second kappa shape index (κ2) is 4.93. The van der Waals surface area contributed by atoms with Crippen molar-refractivity contribution in [2.75, 3.05) is 11.9 Å². The topological polar surface area (TPSA) is 50.8 Å². The van der Waals surface area contributed by atoms with E-state index in [-0.39, 0.29) is 0 Å². The van der Waals surface area contributed by atoms with Gasteiger partial charge in [0, 0.05) is 10.9 Å². The van der Waals surface area contributed by atoms with Crippen molar-refractivity contribution in [3.05, 3.63) is 30.6 Å². The minimum Gasteiger partial charge on any atom is -0.493 e. The average Bonchev–Trinajstić information content (AvgIpc) is 2.80. The molecular weight excluding hydrogens is 258 g/mol. The third kappa shape index (κ3) is 2.56. The van der Waals surface area contributed by atoms with Gasteiger partial charge in [0.05, 0.1) is 6.61 Å². The Balaban J connectivity index is 2.11. The van der Waals surface area contributed by atoms with E-state index in [2.05, 4.69) is 31.1 Å². The fourth-order valence-corrected chi connectivity index (χ4v) is 1.37. The largest absolute Gasteiger partial charge is 0.493 e. The zero-order valence-corrected chi connectivity index (χ0v) is 9.57. The average molecular weight is 268 g/mol. The van der Waals surface area contributed by atoms with E-state index in [1.807, 2.05) is 24.3 Å². The molecule has 0 atom stereocenters. The molecule has 0 saturated carbocycles. The second-order valence-corrected chi connectivity index (χ2v) is 3.68. The van der Waals surface area contributed by atoms with Crippen LogP contribution in [0.1, 0.15) is 0 Å². The lowest BCUT2D eigenvalue weighted by Crippen LogP contribution is -1.97. The Morgan fingerprint density at radius 2 is 2.07 bits per heavy atom. The molecule has 15 heavy (non-hydrogen) atoms. The van der Waals surface area contributed by atoms with Gasteiger partial charge in [-0.1, -0.05) is 15.9 Å². The molecular formula is C10H10BrN3O. The molecule has 0 aliphatic carbocycles. The van der Waals surface area contributed by atoms with Crippen molar-refractivity contribution in [1.29, 1.82) is 0 Å². The minimum atomic E-state index is 0.667. The van der Waals surface area contributed by atoms with Gasteiger partial charge in [-0.25, -0.2) is 4.98 Å². The summed E-state index contributed by atoms with van der Waals surface area (Å²) in [5.41, 5.74) is 0.974. The van der Waals surface area contributed by atoms with Gasteiger partial charge in [0.2, 0.25) is 0 Å². The zero-order chi connectivity index (χ0) is 10.5. The van der Waals surface area contributed by atoms with E-state index in [1.165, 1.54) is 0 Å². The summed E-state index contributed by atoms with van der Waals surface area (Å²) in [6.07, 6.45) is 1.56. The number of aromatic nitrogens is 3. The highest BCUT2D eigenvalue weighted by molar-refractivity contribution is 9.09. The molecule has 4 nitrogen and oxygen atoms in total. The lowest BCUT2D eigenvalue weighted by Gasteiger charge is -2.03. The van der Waals surface area contributed by atoms with E-state index < -0.39 is 0 Å². The summed E-state index contributed by atoms with van der Waals surface area (Å²) in [5, 5.41) is 7.50. The number of alkyl halides is 1. The molecule has 0 amide bonds. The monoisotopic (exact) mass is 267 g/mol. The van der Waals surface area contributed by atoms with Crippen LogP contribution in [0.4, 0.5) is 0 Å². The number of H-pyrrole nitrogens is 1. The Hall–Kier alpha value is -1.36. The van der Waals surface area contributed by atoms with Gasteiger partial charge in [-0.15, -0.1) is 0 Å². The summed E-state index contributed by atoms with van der Waals surface area (Å²) in [6, 6.07) is 7.70. The van der Waals surface area contributed by atoms with Crippen LogP contribution in [0.3, 0.4) is 0 Å². The van der Waals surface area contributed by atoms with Crippen molar-refractivity contribution in [1.82, 2.24) is 15.2 Å². The number of hydrogen-bond acceptors (Lipinski definition) is 3. The molecule has 1 N–H and O–H groups in total. The van der Waals surface area contributed by atoms with Gasteiger partial charge in [-0.3, -0.25) is 5.10 Å². The SMILES string of the molecule is BrCCOc1ccc(-c2nc[nH]n2)cc1. The van der Waals surface area contributed by atoms with E-state index in [0.717, 1.165) is 16.6 Å². The lowest BCUT2D eigenvalue weighted by atomic mass is 10.2. The molecule has 0 aliphatic rings. The Morgan fingerprint density at radius 3 is 2.67 bits per heavy atom. The first kappa shape index (κ1) is 10.2. The van der Waals surface area contributed by atoms with Gasteiger partial charge in [0.1, 0.15) is 12.1 Å². The van der Waals surface area contributed by atoms with Crippen molar-refractivity contribution in [2.24, 2.45) is 0 Å². The second-order valence-electron chi connectivity index (χ2n) is 2.88. The fourth-order valence-electron chi connectivity index (χ4n) is 1.20. The van der Waals surface area contributed by atoms with Crippen molar-refractivity contribution in [2.45, 2.75) is 0 Å². The van der Waals surface area contributed by atoms with Crippen LogP contribution in [0, 0.1) is 0 Å². The Kier molecular flexibility index (Phi) is 3.34. The first-order valence-electron chi connectivity index (χ1n) is 4.55. The highest BCUT2D eigenvalue weighted by Crippen LogP contribution is 2.18. The van der Waals surface area contributed by atoms with Crippen LogP contribution in [-0.4, -0.2) is 27.1 Å². The Bertz CT molecular complexity index is 399. The molecule has 0 bridgehead atoms. The van der Waals surface area contributed by atoms with E-state index >= 15 is 0 Å². The minimum absolute atomic E-state index is 0.667. The molecule has 1 aromatic carbocycles. The molecule has 0 fully saturated rings. The van der Waals surface area contributed by atoms with Crippen molar-refractivity contribution >= 4 is 15.9 Å². The van der Waals surface area contributed by atoms with Crippen LogP contribution in [0.5, 0.6) is 5.75 Å². The van der Waals surface area contributed by atoms with Crippen LogP contribution in [0.15, 0.2) is 30.6 Å². The van der Waals surface area contributed by atoms with E-state index in [1.54, 1.807) is 6.33 Å². The van der Waals surface area contributed by atoms with Crippen LogP contribution in [0.25, 0.3) is 11.4 Å². The van der Waals surface area contributed by atoms with E-state index in [0.29, 0.717) is 12.4 Å². The van der Waals surface area contributed by atoms with Gasteiger partial charge in [-0.05, 0) is 24.3 Å². The lowest BCUT2D eigenvalue weighted by molar-refractivity contribution is 0.345. The number of aromatic amines is 1.